The molecule has 2 aliphatic rings. The third kappa shape index (κ3) is 1.97. The molecule has 3 N–H and O–H groups in total. The number of ether oxygens (including phenoxy) is 3. The van der Waals surface area contributed by atoms with Crippen LogP contribution in [-0.4, -0.2) is 17.0 Å². The number of H-pyrrole nitrogens is 1. The highest BCUT2D eigenvalue weighted by atomic mass is 16.7. The van der Waals surface area contributed by atoms with Gasteiger partial charge in [0, 0.05) is 5.56 Å². The van der Waals surface area contributed by atoms with Gasteiger partial charge in [-0.1, -0.05) is 0 Å². The molecule has 5 rings (SSSR count). The lowest BCUT2D eigenvalue weighted by molar-refractivity contribution is 0.174. The van der Waals surface area contributed by atoms with Crippen molar-refractivity contribution in [1.82, 2.24) is 10.2 Å². The fraction of sp³-hybridized carbons (Fsp3) is 0.111. The molecule has 4 heterocycles. The number of aromatic amines is 1. The van der Waals surface area contributed by atoms with E-state index < -0.39 is 5.92 Å². The monoisotopic (exact) mass is 348 g/mol. The summed E-state index contributed by atoms with van der Waals surface area (Å²) in [6, 6.07) is 11.2. The van der Waals surface area contributed by atoms with Gasteiger partial charge in [-0.15, -0.1) is 5.10 Å². The maximum atomic E-state index is 9.61. The van der Waals surface area contributed by atoms with Gasteiger partial charge in [0.05, 0.1) is 23.4 Å². The maximum absolute atomic E-state index is 9.61. The number of rotatable bonds is 2. The number of aromatic nitrogens is 2. The van der Waals surface area contributed by atoms with Gasteiger partial charge in [-0.3, -0.25) is 5.10 Å². The molecular formula is C18H12N4O4. The van der Waals surface area contributed by atoms with Crippen molar-refractivity contribution in [2.45, 2.75) is 5.92 Å². The van der Waals surface area contributed by atoms with Gasteiger partial charge in [0.15, 0.2) is 11.5 Å². The molecule has 1 aromatic carbocycles. The second kappa shape index (κ2) is 5.32. The van der Waals surface area contributed by atoms with Crippen LogP contribution in [0.15, 0.2) is 52.5 Å². The molecule has 128 valence electrons. The minimum atomic E-state index is -0.516. The Morgan fingerprint density at radius 2 is 2.12 bits per heavy atom. The Balaban J connectivity index is 1.71. The first kappa shape index (κ1) is 14.5. The van der Waals surface area contributed by atoms with Crippen molar-refractivity contribution in [3.8, 4) is 34.7 Å². The van der Waals surface area contributed by atoms with Crippen LogP contribution in [-0.2, 0) is 0 Å². The molecule has 0 spiro atoms. The molecule has 0 amide bonds. The number of benzene rings is 1. The molecule has 0 radical (unpaired) electrons. The minimum Gasteiger partial charge on any atom is -0.468 e. The largest absolute Gasteiger partial charge is 0.468 e. The number of nitrogens with zero attached hydrogens (tertiary/aromatic N) is 2. The Bertz CT molecular complexity index is 1080. The summed E-state index contributed by atoms with van der Waals surface area (Å²) in [5.74, 6) is 1.73. The Labute approximate surface area is 147 Å². The van der Waals surface area contributed by atoms with E-state index in [0.29, 0.717) is 34.4 Å². The highest BCUT2D eigenvalue weighted by Crippen LogP contribution is 2.46. The average Bonchev–Trinajstić information content (AvgIpc) is 3.39. The molecule has 8 nitrogen and oxygen atoms in total. The third-order valence-corrected chi connectivity index (χ3v) is 4.43. The molecule has 3 aromatic rings. The van der Waals surface area contributed by atoms with E-state index in [4.69, 9.17) is 24.4 Å². The van der Waals surface area contributed by atoms with Crippen molar-refractivity contribution in [3.05, 3.63) is 59.4 Å². The zero-order chi connectivity index (χ0) is 17.7. The van der Waals surface area contributed by atoms with E-state index >= 15 is 0 Å². The summed E-state index contributed by atoms with van der Waals surface area (Å²) in [5.41, 5.74) is 8.40. The molecule has 2 aliphatic heterocycles. The lowest BCUT2D eigenvalue weighted by Crippen LogP contribution is -2.20. The summed E-state index contributed by atoms with van der Waals surface area (Å²) in [5, 5.41) is 16.8. The van der Waals surface area contributed by atoms with E-state index in [0.717, 1.165) is 5.56 Å². The van der Waals surface area contributed by atoms with E-state index in [1.807, 2.05) is 18.2 Å². The second-order valence-electron chi connectivity index (χ2n) is 5.83. The Morgan fingerprint density at radius 1 is 1.23 bits per heavy atom. The predicted octanol–water partition coefficient (Wildman–Crippen LogP) is 2.62. The van der Waals surface area contributed by atoms with Crippen molar-refractivity contribution >= 4 is 0 Å². The van der Waals surface area contributed by atoms with Gasteiger partial charge < -0.3 is 24.4 Å². The summed E-state index contributed by atoms with van der Waals surface area (Å²) in [6.45, 7) is 0.190. The lowest BCUT2D eigenvalue weighted by atomic mass is 9.86. The first-order chi connectivity index (χ1) is 12.8. The fourth-order valence-electron chi connectivity index (χ4n) is 3.26. The number of hydrogen-bond donors (Lipinski definition) is 2. The van der Waals surface area contributed by atoms with E-state index in [-0.39, 0.29) is 18.2 Å². The van der Waals surface area contributed by atoms with E-state index in [9.17, 15) is 5.26 Å². The summed E-state index contributed by atoms with van der Waals surface area (Å²) in [6.07, 6.45) is 1.55. The number of hydrogen-bond acceptors (Lipinski definition) is 7. The van der Waals surface area contributed by atoms with Gasteiger partial charge in [-0.2, -0.15) is 5.26 Å². The number of allylic oxidation sites excluding steroid dienone is 1. The van der Waals surface area contributed by atoms with Crippen LogP contribution in [0.2, 0.25) is 0 Å². The molecule has 2 aromatic heterocycles. The fourth-order valence-corrected chi connectivity index (χ4v) is 3.26. The van der Waals surface area contributed by atoms with Crippen LogP contribution in [0, 0.1) is 11.3 Å². The summed E-state index contributed by atoms with van der Waals surface area (Å²) >= 11 is 0. The molecule has 1 atom stereocenters. The summed E-state index contributed by atoms with van der Waals surface area (Å²) in [7, 11) is 0. The highest BCUT2D eigenvalue weighted by molar-refractivity contribution is 5.72. The number of furan rings is 1. The Hall–Kier alpha value is -3.86. The molecular weight excluding hydrogens is 336 g/mol. The van der Waals surface area contributed by atoms with Gasteiger partial charge in [-0.25, -0.2) is 0 Å². The zero-order valence-corrected chi connectivity index (χ0v) is 13.4. The number of nitrogens with two attached hydrogens (primary N) is 1. The zero-order valence-electron chi connectivity index (χ0n) is 13.4. The van der Waals surface area contributed by atoms with Crippen LogP contribution in [0.5, 0.6) is 17.4 Å². The quantitative estimate of drug-likeness (QED) is 0.730. The lowest BCUT2D eigenvalue weighted by Gasteiger charge is -2.22. The van der Waals surface area contributed by atoms with Crippen LogP contribution < -0.4 is 19.9 Å². The molecule has 0 saturated heterocycles. The Morgan fingerprint density at radius 3 is 2.92 bits per heavy atom. The predicted molar refractivity (Wildman–Crippen MR) is 88.2 cm³/mol. The number of nitriles is 1. The number of nitrogens with one attached hydrogen (secondary N) is 1. The standard InChI is InChI=1S/C18H12N4O4/c19-7-10-14(12-2-1-5-23-12)15-16(21-22-18(15)26-17(10)20)9-3-4-11-13(6-9)25-8-24-11/h1-6,14H,8,20H2,(H,21,22). The minimum absolute atomic E-state index is 0.0186. The van der Waals surface area contributed by atoms with Crippen LogP contribution >= 0.6 is 0 Å². The normalized spacial score (nSPS) is 17.6. The van der Waals surface area contributed by atoms with Crippen LogP contribution in [0.25, 0.3) is 11.3 Å². The molecule has 1 unspecified atom stereocenters. The second-order valence-corrected chi connectivity index (χ2v) is 5.83. The van der Waals surface area contributed by atoms with Gasteiger partial charge in [0.1, 0.15) is 17.4 Å². The first-order valence-corrected chi connectivity index (χ1v) is 7.85. The third-order valence-electron chi connectivity index (χ3n) is 4.43. The van der Waals surface area contributed by atoms with Crippen LogP contribution in [0.4, 0.5) is 0 Å². The SMILES string of the molecule is N#CC1=C(N)Oc2n[nH]c(-c3ccc4c(c3)OCO4)c2C1c1ccco1. The molecule has 26 heavy (non-hydrogen) atoms. The van der Waals surface area contributed by atoms with Crippen molar-refractivity contribution in [3.63, 3.8) is 0 Å². The van der Waals surface area contributed by atoms with Gasteiger partial charge in [0.25, 0.3) is 0 Å². The van der Waals surface area contributed by atoms with Crippen molar-refractivity contribution in [2.75, 3.05) is 6.79 Å². The molecule has 0 aliphatic carbocycles. The van der Waals surface area contributed by atoms with Gasteiger partial charge >= 0.3 is 0 Å². The summed E-state index contributed by atoms with van der Waals surface area (Å²) in [4.78, 5) is 0. The van der Waals surface area contributed by atoms with E-state index in [2.05, 4.69) is 16.3 Å². The smallest absolute Gasteiger partial charge is 0.244 e. The summed E-state index contributed by atoms with van der Waals surface area (Å²) < 4.78 is 21.9. The topological polar surface area (TPSA) is 119 Å². The van der Waals surface area contributed by atoms with Gasteiger partial charge in [-0.05, 0) is 30.3 Å². The average molecular weight is 348 g/mol. The van der Waals surface area contributed by atoms with Crippen molar-refractivity contribution in [2.24, 2.45) is 5.73 Å². The van der Waals surface area contributed by atoms with Gasteiger partial charge in [0.2, 0.25) is 18.6 Å². The van der Waals surface area contributed by atoms with E-state index in [1.54, 1.807) is 18.4 Å². The van der Waals surface area contributed by atoms with Crippen molar-refractivity contribution in [1.29, 1.82) is 5.26 Å². The molecule has 8 heteroatoms. The molecule has 0 bridgehead atoms. The molecule has 0 fully saturated rings. The first-order valence-electron chi connectivity index (χ1n) is 7.85. The van der Waals surface area contributed by atoms with Crippen LogP contribution in [0.1, 0.15) is 17.2 Å². The van der Waals surface area contributed by atoms with E-state index in [1.165, 1.54) is 0 Å². The van der Waals surface area contributed by atoms with Crippen LogP contribution in [0.3, 0.4) is 0 Å². The molecule has 0 saturated carbocycles. The number of fused-ring (bicyclic) bond motifs is 2. The Kier molecular flexibility index (Phi) is 2.96. The maximum Gasteiger partial charge on any atom is 0.244 e. The highest BCUT2D eigenvalue weighted by Gasteiger charge is 2.37. The van der Waals surface area contributed by atoms with Crippen molar-refractivity contribution < 1.29 is 18.6 Å².